The van der Waals surface area contributed by atoms with Crippen LogP contribution in [0, 0.1) is 6.92 Å². The Morgan fingerprint density at radius 2 is 1.90 bits per heavy atom. The molecule has 0 aromatic heterocycles. The van der Waals surface area contributed by atoms with E-state index < -0.39 is 0 Å². The summed E-state index contributed by atoms with van der Waals surface area (Å²) in [5.74, 6) is 0.950. The van der Waals surface area contributed by atoms with Gasteiger partial charge in [0.05, 0.1) is 12.6 Å². The van der Waals surface area contributed by atoms with Crippen LogP contribution < -0.4 is 10.1 Å². The molecule has 0 saturated carbocycles. The molecule has 1 N–H and O–H groups in total. The highest BCUT2D eigenvalue weighted by Gasteiger charge is 2.17. The summed E-state index contributed by atoms with van der Waals surface area (Å²) in [6, 6.07) is 14.9. The summed E-state index contributed by atoms with van der Waals surface area (Å²) in [6.45, 7) is 7.84. The maximum Gasteiger partial charge on any atom is 0.124 e. The van der Waals surface area contributed by atoms with Gasteiger partial charge in [0.1, 0.15) is 5.75 Å². The van der Waals surface area contributed by atoms with E-state index in [9.17, 15) is 0 Å². The van der Waals surface area contributed by atoms with Crippen molar-refractivity contribution >= 4 is 15.9 Å². The summed E-state index contributed by atoms with van der Waals surface area (Å²) < 4.78 is 6.93. The zero-order valence-electron chi connectivity index (χ0n) is 12.8. The van der Waals surface area contributed by atoms with E-state index >= 15 is 0 Å². The SMILES string of the molecule is CCNC(c1ccc(Br)c(C)c1)c1ccccc1OCC. The van der Waals surface area contributed by atoms with Crippen LogP contribution in [-0.2, 0) is 0 Å². The van der Waals surface area contributed by atoms with Gasteiger partial charge in [-0.05, 0) is 43.7 Å². The van der Waals surface area contributed by atoms with Gasteiger partial charge in [-0.2, -0.15) is 0 Å². The van der Waals surface area contributed by atoms with Gasteiger partial charge in [0.2, 0.25) is 0 Å². The zero-order chi connectivity index (χ0) is 15.2. The predicted molar refractivity (Wildman–Crippen MR) is 92.0 cm³/mol. The fourth-order valence-corrected chi connectivity index (χ4v) is 2.71. The molecule has 0 fully saturated rings. The molecule has 1 atom stereocenters. The van der Waals surface area contributed by atoms with Crippen LogP contribution in [0.2, 0.25) is 0 Å². The molecular weight excluding hydrogens is 326 g/mol. The molecule has 2 aromatic rings. The standard InChI is InChI=1S/C18H22BrNO/c1-4-20-18(14-10-11-16(19)13(3)12-14)15-8-6-7-9-17(15)21-5-2/h6-12,18,20H,4-5H2,1-3H3. The van der Waals surface area contributed by atoms with Crippen molar-refractivity contribution in [1.29, 1.82) is 0 Å². The summed E-state index contributed by atoms with van der Waals surface area (Å²) in [6.07, 6.45) is 0. The molecule has 0 spiro atoms. The predicted octanol–water partition coefficient (Wildman–Crippen LogP) is 4.86. The Morgan fingerprint density at radius 3 is 2.57 bits per heavy atom. The molecule has 2 nitrogen and oxygen atoms in total. The molecule has 0 aliphatic heterocycles. The highest BCUT2D eigenvalue weighted by atomic mass is 79.9. The van der Waals surface area contributed by atoms with Gasteiger partial charge >= 0.3 is 0 Å². The number of benzene rings is 2. The molecule has 0 radical (unpaired) electrons. The minimum atomic E-state index is 0.143. The fourth-order valence-electron chi connectivity index (χ4n) is 2.46. The maximum atomic E-state index is 5.79. The molecule has 21 heavy (non-hydrogen) atoms. The lowest BCUT2D eigenvalue weighted by Gasteiger charge is -2.22. The molecule has 1 unspecified atom stereocenters. The van der Waals surface area contributed by atoms with Gasteiger partial charge < -0.3 is 10.1 Å². The average molecular weight is 348 g/mol. The van der Waals surface area contributed by atoms with Crippen LogP contribution in [0.3, 0.4) is 0 Å². The number of ether oxygens (including phenoxy) is 1. The Morgan fingerprint density at radius 1 is 1.14 bits per heavy atom. The van der Waals surface area contributed by atoms with Crippen molar-refractivity contribution in [3.05, 3.63) is 63.6 Å². The second-order valence-electron chi connectivity index (χ2n) is 4.97. The Labute approximate surface area is 135 Å². The van der Waals surface area contributed by atoms with Crippen molar-refractivity contribution in [2.45, 2.75) is 26.8 Å². The summed E-state index contributed by atoms with van der Waals surface area (Å²) in [5.41, 5.74) is 3.68. The lowest BCUT2D eigenvalue weighted by atomic mass is 9.96. The summed E-state index contributed by atoms with van der Waals surface area (Å²) in [5, 5.41) is 3.57. The van der Waals surface area contributed by atoms with Crippen LogP contribution in [0.25, 0.3) is 0 Å². The number of nitrogens with one attached hydrogen (secondary N) is 1. The quantitative estimate of drug-likeness (QED) is 0.805. The first-order valence-corrected chi connectivity index (χ1v) is 8.17. The fraction of sp³-hybridized carbons (Fsp3) is 0.333. The number of hydrogen-bond donors (Lipinski definition) is 1. The third-order valence-corrected chi connectivity index (χ3v) is 4.34. The largest absolute Gasteiger partial charge is 0.494 e. The Balaban J connectivity index is 2.45. The van der Waals surface area contributed by atoms with Gasteiger partial charge in [-0.3, -0.25) is 0 Å². The molecular formula is C18H22BrNO. The highest BCUT2D eigenvalue weighted by molar-refractivity contribution is 9.10. The molecule has 0 saturated heterocycles. The molecule has 0 bridgehead atoms. The van der Waals surface area contributed by atoms with E-state index in [2.05, 4.69) is 65.4 Å². The van der Waals surface area contributed by atoms with Gasteiger partial charge in [0.15, 0.2) is 0 Å². The van der Waals surface area contributed by atoms with Crippen molar-refractivity contribution < 1.29 is 4.74 Å². The minimum Gasteiger partial charge on any atom is -0.494 e. The van der Waals surface area contributed by atoms with E-state index in [1.807, 2.05) is 19.1 Å². The first-order chi connectivity index (χ1) is 10.2. The van der Waals surface area contributed by atoms with Gasteiger partial charge in [0, 0.05) is 10.0 Å². The van der Waals surface area contributed by atoms with Crippen LogP contribution in [0.15, 0.2) is 46.9 Å². The molecule has 3 heteroatoms. The second kappa shape index (κ2) is 7.62. The molecule has 2 aromatic carbocycles. The number of rotatable bonds is 6. The van der Waals surface area contributed by atoms with E-state index in [4.69, 9.17) is 4.74 Å². The van der Waals surface area contributed by atoms with Gasteiger partial charge in [-0.25, -0.2) is 0 Å². The van der Waals surface area contributed by atoms with Crippen molar-refractivity contribution in [1.82, 2.24) is 5.32 Å². The lowest BCUT2D eigenvalue weighted by molar-refractivity contribution is 0.333. The van der Waals surface area contributed by atoms with Crippen LogP contribution in [0.1, 0.15) is 36.6 Å². The van der Waals surface area contributed by atoms with Gasteiger partial charge in [0.25, 0.3) is 0 Å². The van der Waals surface area contributed by atoms with E-state index in [0.29, 0.717) is 6.61 Å². The Kier molecular flexibility index (Phi) is 5.83. The highest BCUT2D eigenvalue weighted by Crippen LogP contribution is 2.31. The van der Waals surface area contributed by atoms with Crippen LogP contribution in [0.4, 0.5) is 0 Å². The first kappa shape index (κ1) is 16.1. The number of para-hydroxylation sites is 1. The molecule has 0 aliphatic rings. The maximum absolute atomic E-state index is 5.79. The van der Waals surface area contributed by atoms with Crippen LogP contribution >= 0.6 is 15.9 Å². The number of aryl methyl sites for hydroxylation is 1. The van der Waals surface area contributed by atoms with Crippen molar-refractivity contribution in [2.24, 2.45) is 0 Å². The monoisotopic (exact) mass is 347 g/mol. The molecule has 112 valence electrons. The minimum absolute atomic E-state index is 0.143. The van der Waals surface area contributed by atoms with E-state index in [1.165, 1.54) is 16.7 Å². The number of hydrogen-bond acceptors (Lipinski definition) is 2. The first-order valence-electron chi connectivity index (χ1n) is 7.38. The summed E-state index contributed by atoms with van der Waals surface area (Å²) in [7, 11) is 0. The smallest absolute Gasteiger partial charge is 0.124 e. The van der Waals surface area contributed by atoms with Crippen molar-refractivity contribution in [3.63, 3.8) is 0 Å². The Bertz CT molecular complexity index is 598. The Hall–Kier alpha value is -1.32. The molecule has 0 amide bonds. The zero-order valence-corrected chi connectivity index (χ0v) is 14.4. The van der Waals surface area contributed by atoms with E-state index in [0.717, 1.165) is 16.8 Å². The molecule has 0 aliphatic carbocycles. The van der Waals surface area contributed by atoms with Crippen molar-refractivity contribution in [3.8, 4) is 5.75 Å². The third kappa shape index (κ3) is 3.86. The molecule has 2 rings (SSSR count). The van der Waals surface area contributed by atoms with E-state index in [-0.39, 0.29) is 6.04 Å². The summed E-state index contributed by atoms with van der Waals surface area (Å²) in [4.78, 5) is 0. The second-order valence-corrected chi connectivity index (χ2v) is 5.82. The van der Waals surface area contributed by atoms with E-state index in [1.54, 1.807) is 0 Å². The topological polar surface area (TPSA) is 21.3 Å². The van der Waals surface area contributed by atoms with Gasteiger partial charge in [-0.1, -0.05) is 53.2 Å². The molecule has 0 heterocycles. The lowest BCUT2D eigenvalue weighted by Crippen LogP contribution is -2.22. The summed E-state index contributed by atoms with van der Waals surface area (Å²) >= 11 is 3.57. The van der Waals surface area contributed by atoms with Crippen LogP contribution in [-0.4, -0.2) is 13.2 Å². The normalized spacial score (nSPS) is 12.2. The van der Waals surface area contributed by atoms with Gasteiger partial charge in [-0.15, -0.1) is 0 Å². The van der Waals surface area contributed by atoms with Crippen molar-refractivity contribution in [2.75, 3.05) is 13.2 Å². The number of halogens is 1. The van der Waals surface area contributed by atoms with Crippen LogP contribution in [0.5, 0.6) is 5.75 Å². The third-order valence-electron chi connectivity index (χ3n) is 3.45. The average Bonchev–Trinajstić information content (AvgIpc) is 2.49.